The third-order valence-corrected chi connectivity index (χ3v) is 7.04. The van der Waals surface area contributed by atoms with E-state index in [2.05, 4.69) is 10.3 Å². The lowest BCUT2D eigenvalue weighted by Crippen LogP contribution is -2.19. The SMILES string of the molecule is CC(OC(=O)Nc1c(-c2ccc(-c3ccc(C4(C(=O)O)CC4)cc3)cc2)oc2ncoc12)c1ccccc1. The van der Waals surface area contributed by atoms with Crippen LogP contribution in [0.4, 0.5) is 10.5 Å². The number of fused-ring (bicyclic) bond motifs is 1. The highest BCUT2D eigenvalue weighted by molar-refractivity contribution is 6.01. The normalized spacial score (nSPS) is 14.7. The summed E-state index contributed by atoms with van der Waals surface area (Å²) in [4.78, 5) is 28.5. The van der Waals surface area contributed by atoms with Gasteiger partial charge in [0.1, 0.15) is 11.8 Å². The Morgan fingerprint density at radius 3 is 2.21 bits per heavy atom. The van der Waals surface area contributed by atoms with E-state index in [0.29, 0.717) is 35.4 Å². The first-order valence-corrected chi connectivity index (χ1v) is 12.3. The molecular formula is C30H24N2O6. The molecule has 2 heterocycles. The van der Waals surface area contributed by atoms with Gasteiger partial charge in [0, 0.05) is 5.56 Å². The Morgan fingerprint density at radius 1 is 0.947 bits per heavy atom. The number of carboxylic acids is 1. The minimum absolute atomic E-state index is 0.263. The number of benzene rings is 3. The number of hydrogen-bond donors (Lipinski definition) is 2. The molecule has 5 aromatic rings. The fourth-order valence-electron chi connectivity index (χ4n) is 4.67. The second-order valence-electron chi connectivity index (χ2n) is 9.42. The molecule has 0 spiro atoms. The van der Waals surface area contributed by atoms with Gasteiger partial charge in [0.25, 0.3) is 5.71 Å². The summed E-state index contributed by atoms with van der Waals surface area (Å²) in [5.74, 6) is -0.369. The molecule has 6 rings (SSSR count). The zero-order valence-corrected chi connectivity index (χ0v) is 20.5. The van der Waals surface area contributed by atoms with Gasteiger partial charge in [-0.15, -0.1) is 0 Å². The monoisotopic (exact) mass is 508 g/mol. The van der Waals surface area contributed by atoms with Crippen LogP contribution in [0.3, 0.4) is 0 Å². The molecule has 1 aliphatic carbocycles. The Bertz CT molecular complexity index is 1610. The van der Waals surface area contributed by atoms with E-state index >= 15 is 0 Å². The van der Waals surface area contributed by atoms with Crippen LogP contribution in [0.1, 0.15) is 37.0 Å². The van der Waals surface area contributed by atoms with E-state index in [9.17, 15) is 14.7 Å². The van der Waals surface area contributed by atoms with Crippen molar-refractivity contribution in [2.45, 2.75) is 31.3 Å². The molecule has 1 amide bonds. The third-order valence-electron chi connectivity index (χ3n) is 7.04. The zero-order valence-electron chi connectivity index (χ0n) is 20.5. The van der Waals surface area contributed by atoms with Crippen molar-refractivity contribution in [3.05, 3.63) is 96.4 Å². The molecule has 2 aromatic heterocycles. The molecule has 0 saturated heterocycles. The van der Waals surface area contributed by atoms with Crippen LogP contribution < -0.4 is 5.32 Å². The summed E-state index contributed by atoms with van der Waals surface area (Å²) >= 11 is 0. The number of nitrogens with one attached hydrogen (secondary N) is 1. The summed E-state index contributed by atoms with van der Waals surface area (Å²) in [6, 6.07) is 24.7. The van der Waals surface area contributed by atoms with E-state index in [1.807, 2.05) is 78.9 Å². The van der Waals surface area contributed by atoms with Crippen molar-refractivity contribution in [2.24, 2.45) is 0 Å². The van der Waals surface area contributed by atoms with Crippen LogP contribution in [0.5, 0.6) is 0 Å². The van der Waals surface area contributed by atoms with Gasteiger partial charge in [-0.1, -0.05) is 78.9 Å². The Kier molecular flexibility index (Phi) is 5.72. The lowest BCUT2D eigenvalue weighted by Gasteiger charge is -2.14. The van der Waals surface area contributed by atoms with Crippen LogP contribution in [-0.4, -0.2) is 22.2 Å². The largest absolute Gasteiger partial charge is 0.481 e. The van der Waals surface area contributed by atoms with Crippen LogP contribution in [0.2, 0.25) is 0 Å². The quantitative estimate of drug-likeness (QED) is 0.239. The number of oxazole rings is 1. The molecule has 0 radical (unpaired) electrons. The molecular weight excluding hydrogens is 484 g/mol. The van der Waals surface area contributed by atoms with Gasteiger partial charge in [0.15, 0.2) is 12.2 Å². The number of anilines is 1. The number of amides is 1. The molecule has 1 aliphatic rings. The number of carbonyl (C=O) groups is 2. The smallest absolute Gasteiger partial charge is 0.412 e. The number of ether oxygens (including phenoxy) is 1. The topological polar surface area (TPSA) is 115 Å². The number of carboxylic acid groups (broad SMARTS) is 1. The average molecular weight is 509 g/mol. The Hall–Kier alpha value is -4.85. The Labute approximate surface area is 217 Å². The van der Waals surface area contributed by atoms with Crippen LogP contribution in [0, 0.1) is 0 Å². The van der Waals surface area contributed by atoms with E-state index in [4.69, 9.17) is 13.6 Å². The molecule has 8 heteroatoms. The predicted molar refractivity (Wildman–Crippen MR) is 141 cm³/mol. The molecule has 8 nitrogen and oxygen atoms in total. The van der Waals surface area contributed by atoms with Gasteiger partial charge in [-0.25, -0.2) is 4.79 Å². The van der Waals surface area contributed by atoms with Crippen molar-refractivity contribution >= 4 is 29.0 Å². The standard InChI is InChI=1S/C30H24N2O6/c1-18(19-5-3-2-4-6-19)37-29(35)32-24-25(38-27-26(24)36-17-31-27)22-9-7-20(8-10-22)21-11-13-23(14-12-21)30(15-16-30)28(33)34/h2-14,17-18H,15-16H2,1H3,(H,32,35)(H,33,34). The zero-order chi connectivity index (χ0) is 26.3. The maximum absolute atomic E-state index is 12.8. The van der Waals surface area contributed by atoms with E-state index in [-0.39, 0.29) is 5.71 Å². The Balaban J connectivity index is 1.23. The van der Waals surface area contributed by atoms with Gasteiger partial charge < -0.3 is 18.7 Å². The second kappa shape index (κ2) is 9.23. The van der Waals surface area contributed by atoms with Crippen LogP contribution >= 0.6 is 0 Å². The maximum Gasteiger partial charge on any atom is 0.412 e. The minimum atomic E-state index is -0.768. The summed E-state index contributed by atoms with van der Waals surface area (Å²) in [7, 11) is 0. The van der Waals surface area contributed by atoms with E-state index in [1.165, 1.54) is 6.39 Å². The molecule has 0 aliphatic heterocycles. The first-order valence-electron chi connectivity index (χ1n) is 12.3. The first kappa shape index (κ1) is 23.5. The van der Waals surface area contributed by atoms with Crippen molar-refractivity contribution in [3.8, 4) is 22.5 Å². The molecule has 1 fully saturated rings. The Morgan fingerprint density at radius 2 is 1.58 bits per heavy atom. The van der Waals surface area contributed by atoms with E-state index in [1.54, 1.807) is 6.92 Å². The van der Waals surface area contributed by atoms with Crippen molar-refractivity contribution in [2.75, 3.05) is 5.32 Å². The van der Waals surface area contributed by atoms with Crippen LogP contribution in [0.15, 0.2) is 94.1 Å². The highest BCUT2D eigenvalue weighted by atomic mass is 16.6. The van der Waals surface area contributed by atoms with Crippen molar-refractivity contribution < 1.29 is 28.3 Å². The molecule has 1 atom stereocenters. The lowest BCUT2D eigenvalue weighted by molar-refractivity contribution is -0.140. The van der Waals surface area contributed by atoms with Crippen molar-refractivity contribution in [3.63, 3.8) is 0 Å². The number of hydrogen-bond acceptors (Lipinski definition) is 6. The lowest BCUT2D eigenvalue weighted by atomic mass is 9.93. The fourth-order valence-corrected chi connectivity index (χ4v) is 4.67. The first-order chi connectivity index (χ1) is 18.4. The fraction of sp³-hybridized carbons (Fsp3) is 0.167. The summed E-state index contributed by atoms with van der Waals surface area (Å²) in [5, 5.41) is 12.3. The number of aromatic nitrogens is 1. The molecule has 38 heavy (non-hydrogen) atoms. The van der Waals surface area contributed by atoms with Gasteiger partial charge in [0.2, 0.25) is 5.58 Å². The summed E-state index contributed by atoms with van der Waals surface area (Å²) in [6.45, 7) is 1.80. The predicted octanol–water partition coefficient (Wildman–Crippen LogP) is 7.18. The number of nitrogens with zero attached hydrogens (tertiary/aromatic N) is 1. The molecule has 3 aromatic carbocycles. The van der Waals surface area contributed by atoms with Gasteiger partial charge in [0.05, 0.1) is 5.41 Å². The number of furan rings is 1. The van der Waals surface area contributed by atoms with E-state index in [0.717, 1.165) is 22.3 Å². The van der Waals surface area contributed by atoms with E-state index < -0.39 is 23.6 Å². The van der Waals surface area contributed by atoms with Gasteiger partial charge >= 0.3 is 12.1 Å². The summed E-state index contributed by atoms with van der Waals surface area (Å²) < 4.78 is 17.0. The highest BCUT2D eigenvalue weighted by Crippen LogP contribution is 2.48. The van der Waals surface area contributed by atoms with Gasteiger partial charge in [-0.05, 0) is 42.0 Å². The number of carbonyl (C=O) groups excluding carboxylic acids is 1. The molecule has 1 saturated carbocycles. The molecule has 2 N–H and O–H groups in total. The molecule has 1 unspecified atom stereocenters. The average Bonchev–Trinajstić information content (AvgIpc) is 3.52. The van der Waals surface area contributed by atoms with Crippen LogP contribution in [0.25, 0.3) is 33.7 Å². The van der Waals surface area contributed by atoms with Crippen molar-refractivity contribution in [1.82, 2.24) is 4.98 Å². The second-order valence-corrected chi connectivity index (χ2v) is 9.42. The summed E-state index contributed by atoms with van der Waals surface area (Å²) in [5.41, 5.74) is 4.54. The number of aliphatic carboxylic acids is 1. The van der Waals surface area contributed by atoms with Gasteiger partial charge in [-0.2, -0.15) is 4.98 Å². The maximum atomic E-state index is 12.8. The summed E-state index contributed by atoms with van der Waals surface area (Å²) in [6.07, 6.45) is 1.50. The van der Waals surface area contributed by atoms with Gasteiger partial charge in [-0.3, -0.25) is 10.1 Å². The highest BCUT2D eigenvalue weighted by Gasteiger charge is 2.51. The minimum Gasteiger partial charge on any atom is -0.481 e. The number of rotatable bonds is 7. The van der Waals surface area contributed by atoms with Crippen LogP contribution in [-0.2, 0) is 14.9 Å². The molecule has 0 bridgehead atoms. The third kappa shape index (κ3) is 4.20. The van der Waals surface area contributed by atoms with Crippen molar-refractivity contribution in [1.29, 1.82) is 0 Å². The molecule has 190 valence electrons.